The van der Waals surface area contributed by atoms with Gasteiger partial charge in [0.1, 0.15) is 0 Å². The van der Waals surface area contributed by atoms with Crippen LogP contribution in [-0.4, -0.2) is 25.2 Å². The van der Waals surface area contributed by atoms with Gasteiger partial charge in [-0.25, -0.2) is 0 Å². The molecule has 0 rings (SSSR count). The van der Waals surface area contributed by atoms with E-state index in [1.54, 1.807) is 0 Å². The van der Waals surface area contributed by atoms with Crippen LogP contribution in [-0.2, 0) is 19.1 Å². The fraction of sp³-hybridized carbons (Fsp3) is 0.875. The summed E-state index contributed by atoms with van der Waals surface area (Å²) in [4.78, 5) is 22.4. The highest BCUT2D eigenvalue weighted by atomic mass is 16.5. The molecule has 0 aliphatic rings. The number of rotatable bonds is 13. The molecule has 0 bridgehead atoms. The zero-order valence-corrected chi connectivity index (χ0v) is 13.1. The summed E-state index contributed by atoms with van der Waals surface area (Å²) < 4.78 is 9.95. The van der Waals surface area contributed by atoms with Crippen molar-refractivity contribution in [2.24, 2.45) is 0 Å². The molecule has 0 heterocycles. The third kappa shape index (κ3) is 13.4. The fourth-order valence-corrected chi connectivity index (χ4v) is 1.88. The van der Waals surface area contributed by atoms with Gasteiger partial charge in [0.15, 0.2) is 0 Å². The number of esters is 2. The van der Waals surface area contributed by atoms with E-state index in [1.807, 2.05) is 6.92 Å². The summed E-state index contributed by atoms with van der Waals surface area (Å²) >= 11 is 0. The molecule has 118 valence electrons. The summed E-state index contributed by atoms with van der Waals surface area (Å²) in [7, 11) is 0. The van der Waals surface area contributed by atoms with Crippen molar-refractivity contribution >= 4 is 11.9 Å². The van der Waals surface area contributed by atoms with E-state index in [2.05, 4.69) is 6.92 Å². The third-order valence-electron chi connectivity index (χ3n) is 3.08. The molecule has 20 heavy (non-hydrogen) atoms. The lowest BCUT2D eigenvalue weighted by atomic mass is 10.1. The molecule has 4 nitrogen and oxygen atoms in total. The van der Waals surface area contributed by atoms with Gasteiger partial charge in [0.25, 0.3) is 0 Å². The summed E-state index contributed by atoms with van der Waals surface area (Å²) in [5, 5.41) is 0. The Labute approximate surface area is 123 Å². The van der Waals surface area contributed by atoms with Crippen LogP contribution >= 0.6 is 0 Å². The second-order valence-electron chi connectivity index (χ2n) is 5.00. The normalized spacial score (nSPS) is 10.3. The van der Waals surface area contributed by atoms with Gasteiger partial charge in [-0.3, -0.25) is 9.59 Å². The summed E-state index contributed by atoms with van der Waals surface area (Å²) in [6.07, 6.45) is 9.22. The zero-order chi connectivity index (χ0) is 15.1. The molecular formula is C16H30O4. The molecule has 0 radical (unpaired) electrons. The number of carbonyl (C=O) groups excluding carboxylic acids is 2. The number of unbranched alkanes of at least 4 members (excludes halogenated alkanes) is 6. The Morgan fingerprint density at radius 3 is 1.70 bits per heavy atom. The minimum atomic E-state index is -0.0951. The van der Waals surface area contributed by atoms with Gasteiger partial charge in [0, 0.05) is 12.8 Å². The zero-order valence-electron chi connectivity index (χ0n) is 13.1. The van der Waals surface area contributed by atoms with Crippen molar-refractivity contribution in [3.63, 3.8) is 0 Å². The van der Waals surface area contributed by atoms with Gasteiger partial charge in [-0.15, -0.1) is 0 Å². The van der Waals surface area contributed by atoms with Crippen LogP contribution in [0.4, 0.5) is 0 Å². The minimum absolute atomic E-state index is 0.0687. The van der Waals surface area contributed by atoms with E-state index in [0.29, 0.717) is 26.1 Å². The smallest absolute Gasteiger partial charge is 0.305 e. The van der Waals surface area contributed by atoms with E-state index in [1.165, 1.54) is 0 Å². The number of ether oxygens (including phenoxy) is 2. The molecule has 0 aliphatic heterocycles. The average molecular weight is 286 g/mol. The van der Waals surface area contributed by atoms with Crippen molar-refractivity contribution in [3.05, 3.63) is 0 Å². The Kier molecular flexibility index (Phi) is 13.6. The van der Waals surface area contributed by atoms with Crippen LogP contribution in [0, 0.1) is 0 Å². The lowest BCUT2D eigenvalue weighted by Crippen LogP contribution is -2.05. The third-order valence-corrected chi connectivity index (χ3v) is 3.08. The summed E-state index contributed by atoms with van der Waals surface area (Å²) in [6.45, 7) is 4.93. The average Bonchev–Trinajstić information content (AvgIpc) is 2.42. The van der Waals surface area contributed by atoms with Crippen molar-refractivity contribution in [1.82, 2.24) is 0 Å². The second kappa shape index (κ2) is 14.4. The van der Waals surface area contributed by atoms with Crippen LogP contribution in [0.5, 0.6) is 0 Å². The largest absolute Gasteiger partial charge is 0.466 e. The molecule has 0 N–H and O–H groups in total. The fourth-order valence-electron chi connectivity index (χ4n) is 1.88. The Hall–Kier alpha value is -1.06. The molecule has 0 aromatic carbocycles. The molecule has 4 heteroatoms. The van der Waals surface area contributed by atoms with Crippen molar-refractivity contribution in [3.8, 4) is 0 Å². The molecular weight excluding hydrogens is 256 g/mol. The lowest BCUT2D eigenvalue weighted by molar-refractivity contribution is -0.144. The number of hydrogen-bond acceptors (Lipinski definition) is 4. The Balaban J connectivity index is 3.20. The molecule has 0 aromatic rings. The van der Waals surface area contributed by atoms with E-state index < -0.39 is 0 Å². The SMILES string of the molecule is CCCCOC(=O)CCCCCCCCC(=O)OCC. The van der Waals surface area contributed by atoms with E-state index in [-0.39, 0.29) is 11.9 Å². The van der Waals surface area contributed by atoms with E-state index >= 15 is 0 Å². The molecule has 0 saturated carbocycles. The Bertz CT molecular complexity index is 251. The summed E-state index contributed by atoms with van der Waals surface area (Å²) in [6, 6.07) is 0. The summed E-state index contributed by atoms with van der Waals surface area (Å²) in [5.41, 5.74) is 0. The van der Waals surface area contributed by atoms with Crippen LogP contribution in [0.15, 0.2) is 0 Å². The van der Waals surface area contributed by atoms with Crippen LogP contribution < -0.4 is 0 Å². The van der Waals surface area contributed by atoms with Gasteiger partial charge < -0.3 is 9.47 Å². The van der Waals surface area contributed by atoms with Crippen LogP contribution in [0.25, 0.3) is 0 Å². The molecule has 0 aliphatic carbocycles. The molecule has 0 spiro atoms. The highest BCUT2D eigenvalue weighted by Gasteiger charge is 2.03. The highest BCUT2D eigenvalue weighted by Crippen LogP contribution is 2.09. The van der Waals surface area contributed by atoms with Gasteiger partial charge in [-0.1, -0.05) is 39.0 Å². The van der Waals surface area contributed by atoms with Gasteiger partial charge in [-0.05, 0) is 26.2 Å². The van der Waals surface area contributed by atoms with Gasteiger partial charge >= 0.3 is 11.9 Å². The quantitative estimate of drug-likeness (QED) is 0.379. The van der Waals surface area contributed by atoms with Crippen molar-refractivity contribution < 1.29 is 19.1 Å². The van der Waals surface area contributed by atoms with Gasteiger partial charge in [0.05, 0.1) is 13.2 Å². The minimum Gasteiger partial charge on any atom is -0.466 e. The van der Waals surface area contributed by atoms with Crippen molar-refractivity contribution in [2.45, 2.75) is 78.1 Å². The van der Waals surface area contributed by atoms with Gasteiger partial charge in [-0.2, -0.15) is 0 Å². The first-order chi connectivity index (χ1) is 9.70. The van der Waals surface area contributed by atoms with Crippen LogP contribution in [0.3, 0.4) is 0 Å². The molecule has 0 fully saturated rings. The predicted molar refractivity (Wildman–Crippen MR) is 79.4 cm³/mol. The maximum Gasteiger partial charge on any atom is 0.305 e. The van der Waals surface area contributed by atoms with E-state index in [4.69, 9.17) is 9.47 Å². The van der Waals surface area contributed by atoms with Crippen molar-refractivity contribution in [2.75, 3.05) is 13.2 Å². The lowest BCUT2D eigenvalue weighted by Gasteiger charge is -2.04. The first kappa shape index (κ1) is 18.9. The van der Waals surface area contributed by atoms with Crippen LogP contribution in [0.1, 0.15) is 78.1 Å². The van der Waals surface area contributed by atoms with Crippen molar-refractivity contribution in [1.29, 1.82) is 0 Å². The van der Waals surface area contributed by atoms with Crippen LogP contribution in [0.2, 0.25) is 0 Å². The number of carbonyl (C=O) groups is 2. The Morgan fingerprint density at radius 1 is 0.700 bits per heavy atom. The standard InChI is InChI=1S/C16H30O4/c1-3-5-14-20-16(18)13-11-9-7-6-8-10-12-15(17)19-4-2/h3-14H2,1-2H3. The number of hydrogen-bond donors (Lipinski definition) is 0. The predicted octanol–water partition coefficient (Wildman–Crippen LogP) is 4.01. The topological polar surface area (TPSA) is 52.6 Å². The maximum absolute atomic E-state index is 11.3. The monoisotopic (exact) mass is 286 g/mol. The van der Waals surface area contributed by atoms with E-state index in [9.17, 15) is 9.59 Å². The first-order valence-electron chi connectivity index (χ1n) is 8.02. The molecule has 0 atom stereocenters. The first-order valence-corrected chi connectivity index (χ1v) is 8.02. The molecule has 0 saturated heterocycles. The molecule has 0 aromatic heterocycles. The highest BCUT2D eigenvalue weighted by molar-refractivity contribution is 5.69. The Morgan fingerprint density at radius 2 is 1.20 bits per heavy atom. The van der Waals surface area contributed by atoms with Gasteiger partial charge in [0.2, 0.25) is 0 Å². The second-order valence-corrected chi connectivity index (χ2v) is 5.00. The maximum atomic E-state index is 11.3. The molecule has 0 unspecified atom stereocenters. The summed E-state index contributed by atoms with van der Waals surface area (Å²) in [5.74, 6) is -0.164. The van der Waals surface area contributed by atoms with E-state index in [0.717, 1.165) is 51.4 Å². The molecule has 0 amide bonds.